The normalized spacial score (nSPS) is 13.8. The molecule has 2 aromatic heterocycles. The highest BCUT2D eigenvalue weighted by molar-refractivity contribution is 6.06. The van der Waals surface area contributed by atoms with Crippen LogP contribution >= 0.6 is 0 Å². The second kappa shape index (κ2) is 6.44. The molecule has 0 spiro atoms. The summed E-state index contributed by atoms with van der Waals surface area (Å²) in [4.78, 5) is 19.4. The number of pyridine rings is 1. The van der Waals surface area contributed by atoms with E-state index in [1.807, 2.05) is 56.3 Å². The highest BCUT2D eigenvalue weighted by atomic mass is 16.5. The van der Waals surface area contributed by atoms with Crippen molar-refractivity contribution in [2.75, 3.05) is 19.0 Å². The molecule has 0 radical (unpaired) electrons. The van der Waals surface area contributed by atoms with Gasteiger partial charge in [-0.2, -0.15) is 0 Å². The molecule has 6 heteroatoms. The summed E-state index contributed by atoms with van der Waals surface area (Å²) in [6.45, 7) is 2.31. The van der Waals surface area contributed by atoms with Gasteiger partial charge in [0.25, 0.3) is 11.6 Å². The molecule has 2 heterocycles. The van der Waals surface area contributed by atoms with Gasteiger partial charge in [0.2, 0.25) is 0 Å². The molecule has 0 unspecified atom stereocenters. The molecule has 134 valence electrons. The summed E-state index contributed by atoms with van der Waals surface area (Å²) < 4.78 is 5.31. The zero-order valence-corrected chi connectivity index (χ0v) is 15.2. The van der Waals surface area contributed by atoms with Crippen molar-refractivity contribution in [1.29, 1.82) is 0 Å². The van der Waals surface area contributed by atoms with Gasteiger partial charge in [0.05, 0.1) is 16.6 Å². The zero-order chi connectivity index (χ0) is 18.3. The summed E-state index contributed by atoms with van der Waals surface area (Å²) in [5.74, 6) is 0.317. The van der Waals surface area contributed by atoms with Crippen LogP contribution in [-0.2, 0) is 6.54 Å². The molecule has 1 saturated carbocycles. The summed E-state index contributed by atoms with van der Waals surface area (Å²) in [6.07, 6.45) is 2.23. The van der Waals surface area contributed by atoms with Crippen LogP contribution in [0.15, 0.2) is 34.9 Å². The Bertz CT molecular complexity index is 956. The number of anilines is 1. The fraction of sp³-hybridized carbons (Fsp3) is 0.350. The molecule has 6 nitrogen and oxygen atoms in total. The maximum atomic E-state index is 12.8. The number of hydrogen-bond donors (Lipinski definition) is 1. The van der Waals surface area contributed by atoms with Crippen LogP contribution in [0.1, 0.15) is 46.1 Å². The fourth-order valence-electron chi connectivity index (χ4n) is 3.07. The van der Waals surface area contributed by atoms with Crippen molar-refractivity contribution in [3.8, 4) is 0 Å². The molecule has 0 saturated heterocycles. The van der Waals surface area contributed by atoms with Crippen LogP contribution in [0.2, 0.25) is 0 Å². The van der Waals surface area contributed by atoms with Crippen molar-refractivity contribution in [1.82, 2.24) is 15.5 Å². The van der Waals surface area contributed by atoms with E-state index < -0.39 is 0 Å². The average Bonchev–Trinajstić information content (AvgIpc) is 3.43. The monoisotopic (exact) mass is 350 g/mol. The maximum absolute atomic E-state index is 12.8. The standard InChI is InChI=1S/C20H22N4O2/c1-12-18-16(10-17(14-6-7-14)22-20(18)26-23-12)19(25)21-11-13-4-8-15(9-5-13)24(2)3/h4-5,8-10,14H,6-7,11H2,1-3H3,(H,21,25). The first-order chi connectivity index (χ1) is 12.5. The van der Waals surface area contributed by atoms with Crippen LogP contribution in [0, 0.1) is 6.92 Å². The van der Waals surface area contributed by atoms with Gasteiger partial charge in [-0.3, -0.25) is 4.79 Å². The highest BCUT2D eigenvalue weighted by Gasteiger charge is 2.28. The van der Waals surface area contributed by atoms with E-state index in [2.05, 4.69) is 15.5 Å². The van der Waals surface area contributed by atoms with Crippen LogP contribution in [0.5, 0.6) is 0 Å². The number of carbonyl (C=O) groups is 1. The number of aryl methyl sites for hydroxylation is 1. The van der Waals surface area contributed by atoms with E-state index in [1.54, 1.807) is 0 Å². The Labute approximate surface area is 152 Å². The van der Waals surface area contributed by atoms with Gasteiger partial charge in [0.1, 0.15) is 0 Å². The third-order valence-corrected chi connectivity index (χ3v) is 4.78. The Balaban J connectivity index is 1.56. The summed E-state index contributed by atoms with van der Waals surface area (Å²) in [5.41, 5.74) is 4.85. The molecule has 3 aromatic rings. The van der Waals surface area contributed by atoms with Crippen molar-refractivity contribution in [3.63, 3.8) is 0 Å². The van der Waals surface area contributed by atoms with Crippen LogP contribution in [-0.4, -0.2) is 30.1 Å². The Morgan fingerprint density at radius 2 is 2.00 bits per heavy atom. The van der Waals surface area contributed by atoms with Crippen molar-refractivity contribution in [2.24, 2.45) is 0 Å². The molecule has 1 fully saturated rings. The van der Waals surface area contributed by atoms with E-state index in [0.29, 0.717) is 34.8 Å². The second-order valence-electron chi connectivity index (χ2n) is 7.06. The Hall–Kier alpha value is -2.89. The minimum atomic E-state index is -0.123. The van der Waals surface area contributed by atoms with Gasteiger partial charge in [-0.15, -0.1) is 0 Å². The van der Waals surface area contributed by atoms with Crippen LogP contribution in [0.25, 0.3) is 11.1 Å². The van der Waals surface area contributed by atoms with Gasteiger partial charge < -0.3 is 14.7 Å². The number of hydrogen-bond acceptors (Lipinski definition) is 5. The molecular weight excluding hydrogens is 328 g/mol. The predicted molar refractivity (Wildman–Crippen MR) is 100 cm³/mol. The predicted octanol–water partition coefficient (Wildman–Crippen LogP) is 3.40. The molecule has 0 atom stereocenters. The Kier molecular flexibility index (Phi) is 4.11. The smallest absolute Gasteiger partial charge is 0.259 e. The Morgan fingerprint density at radius 1 is 1.27 bits per heavy atom. The molecule has 1 aliphatic rings. The Morgan fingerprint density at radius 3 is 2.65 bits per heavy atom. The lowest BCUT2D eigenvalue weighted by molar-refractivity contribution is 0.0952. The average molecular weight is 350 g/mol. The topological polar surface area (TPSA) is 71.3 Å². The molecule has 1 aromatic carbocycles. The van der Waals surface area contributed by atoms with E-state index >= 15 is 0 Å². The summed E-state index contributed by atoms with van der Waals surface area (Å²) >= 11 is 0. The third-order valence-electron chi connectivity index (χ3n) is 4.78. The number of carbonyl (C=O) groups excluding carboxylic acids is 1. The van der Waals surface area contributed by atoms with E-state index in [0.717, 1.165) is 29.8 Å². The lowest BCUT2D eigenvalue weighted by Crippen LogP contribution is -2.23. The second-order valence-corrected chi connectivity index (χ2v) is 7.06. The number of rotatable bonds is 5. The summed E-state index contributed by atoms with van der Waals surface area (Å²) in [7, 11) is 4.01. The highest BCUT2D eigenvalue weighted by Crippen LogP contribution is 2.40. The van der Waals surface area contributed by atoms with Gasteiger partial charge in [0, 0.05) is 37.9 Å². The van der Waals surface area contributed by atoms with Crippen LogP contribution < -0.4 is 10.2 Å². The molecule has 0 bridgehead atoms. The number of fused-ring (bicyclic) bond motifs is 1. The van der Waals surface area contributed by atoms with Crippen molar-refractivity contribution < 1.29 is 9.32 Å². The van der Waals surface area contributed by atoms with Gasteiger partial charge >= 0.3 is 0 Å². The molecule has 1 N–H and O–H groups in total. The molecule has 4 rings (SSSR count). The third kappa shape index (κ3) is 3.14. The number of amides is 1. The van der Waals surface area contributed by atoms with Crippen molar-refractivity contribution in [3.05, 3.63) is 52.8 Å². The first-order valence-electron chi connectivity index (χ1n) is 8.84. The molecule has 1 amide bonds. The first kappa shape index (κ1) is 16.6. The fourth-order valence-corrected chi connectivity index (χ4v) is 3.07. The molecule has 0 aliphatic heterocycles. The van der Waals surface area contributed by atoms with Gasteiger partial charge in [0.15, 0.2) is 0 Å². The van der Waals surface area contributed by atoms with E-state index in [9.17, 15) is 4.79 Å². The van der Waals surface area contributed by atoms with Gasteiger partial charge in [-0.05, 0) is 43.5 Å². The van der Waals surface area contributed by atoms with Crippen LogP contribution in [0.3, 0.4) is 0 Å². The molecule has 26 heavy (non-hydrogen) atoms. The van der Waals surface area contributed by atoms with Crippen molar-refractivity contribution >= 4 is 22.7 Å². The van der Waals surface area contributed by atoms with Gasteiger partial charge in [-0.1, -0.05) is 17.3 Å². The minimum Gasteiger partial charge on any atom is -0.378 e. The number of nitrogens with zero attached hydrogens (tertiary/aromatic N) is 3. The largest absolute Gasteiger partial charge is 0.378 e. The van der Waals surface area contributed by atoms with E-state index in [1.165, 1.54) is 0 Å². The molecule has 1 aliphatic carbocycles. The minimum absolute atomic E-state index is 0.123. The molecular formula is C20H22N4O2. The summed E-state index contributed by atoms with van der Waals surface area (Å²) in [5, 5.41) is 7.70. The van der Waals surface area contributed by atoms with Crippen LogP contribution in [0.4, 0.5) is 5.69 Å². The zero-order valence-electron chi connectivity index (χ0n) is 15.2. The lowest BCUT2D eigenvalue weighted by atomic mass is 10.1. The SMILES string of the molecule is Cc1noc2nc(C3CC3)cc(C(=O)NCc3ccc(N(C)C)cc3)c12. The van der Waals surface area contributed by atoms with Gasteiger partial charge in [-0.25, -0.2) is 4.98 Å². The first-order valence-corrected chi connectivity index (χ1v) is 8.84. The number of nitrogens with one attached hydrogen (secondary N) is 1. The quantitative estimate of drug-likeness (QED) is 0.763. The maximum Gasteiger partial charge on any atom is 0.259 e. The van der Waals surface area contributed by atoms with E-state index in [4.69, 9.17) is 4.52 Å². The lowest BCUT2D eigenvalue weighted by Gasteiger charge is -2.13. The van der Waals surface area contributed by atoms with E-state index in [-0.39, 0.29) is 5.91 Å². The number of benzene rings is 1. The number of aromatic nitrogens is 2. The summed E-state index contributed by atoms with van der Waals surface area (Å²) in [6, 6.07) is 10.0. The van der Waals surface area contributed by atoms with Crippen molar-refractivity contribution in [2.45, 2.75) is 32.2 Å².